The van der Waals surface area contributed by atoms with Crippen molar-refractivity contribution in [3.8, 4) is 17.2 Å². The Morgan fingerprint density at radius 1 is 1.19 bits per heavy atom. The maximum Gasteiger partial charge on any atom is 0.259 e. The fraction of sp³-hybridized carbons (Fsp3) is 0.333. The quantitative estimate of drug-likeness (QED) is 0.650. The summed E-state index contributed by atoms with van der Waals surface area (Å²) in [6, 6.07) is 8.64. The van der Waals surface area contributed by atoms with Crippen LogP contribution < -0.4 is 10.5 Å². The molecule has 10 heteroatoms. The number of piperidine rings is 1. The number of phenolic OH excluding ortho intramolecular Hbond substituents is 2. The van der Waals surface area contributed by atoms with Crippen molar-refractivity contribution in [1.82, 2.24) is 4.90 Å². The van der Waals surface area contributed by atoms with Crippen LogP contribution in [-0.2, 0) is 15.8 Å². The molecular formula is C21H23N3O6S. The summed E-state index contributed by atoms with van der Waals surface area (Å²) in [6.45, 7) is 0.713. The highest BCUT2D eigenvalue weighted by Gasteiger charge is 2.30. The van der Waals surface area contributed by atoms with Crippen LogP contribution in [0.4, 0.5) is 0 Å². The zero-order valence-corrected chi connectivity index (χ0v) is 17.5. The maximum absolute atomic E-state index is 13.0. The molecule has 9 nitrogen and oxygen atoms in total. The van der Waals surface area contributed by atoms with Crippen LogP contribution in [0.3, 0.4) is 0 Å². The van der Waals surface area contributed by atoms with Crippen LogP contribution in [0.15, 0.2) is 40.8 Å². The second-order valence-electron chi connectivity index (χ2n) is 7.69. The highest BCUT2D eigenvalue weighted by atomic mass is 32.2. The van der Waals surface area contributed by atoms with Gasteiger partial charge in [-0.05, 0) is 43.0 Å². The normalized spacial score (nSPS) is 19.9. The number of nitrogens with zero attached hydrogens (tertiary/aromatic N) is 2. The fourth-order valence-corrected chi connectivity index (χ4v) is 5.13. The number of aromatic hydroxyl groups is 2. The summed E-state index contributed by atoms with van der Waals surface area (Å²) in [5.74, 6) is -0.607. The molecule has 0 saturated carbocycles. The number of phenols is 2. The maximum atomic E-state index is 13.0. The lowest BCUT2D eigenvalue weighted by Crippen LogP contribution is -2.46. The van der Waals surface area contributed by atoms with Gasteiger partial charge in [0.05, 0.1) is 17.4 Å². The zero-order chi connectivity index (χ0) is 22.2. The number of amidine groups is 1. The van der Waals surface area contributed by atoms with Crippen LogP contribution in [-0.4, -0.2) is 54.5 Å². The first-order chi connectivity index (χ1) is 14.7. The third-order valence-electron chi connectivity index (χ3n) is 5.41. The molecule has 1 amide bonds. The Morgan fingerprint density at radius 3 is 2.68 bits per heavy atom. The highest BCUT2D eigenvalue weighted by Crippen LogP contribution is 2.30. The molecule has 0 aliphatic carbocycles. The summed E-state index contributed by atoms with van der Waals surface area (Å²) in [5.41, 5.74) is 7.07. The van der Waals surface area contributed by atoms with E-state index in [-0.39, 0.29) is 47.2 Å². The van der Waals surface area contributed by atoms with Crippen LogP contribution >= 0.6 is 0 Å². The molecule has 0 aromatic heterocycles. The van der Waals surface area contributed by atoms with Gasteiger partial charge in [-0.3, -0.25) is 4.79 Å². The third-order valence-corrected chi connectivity index (χ3v) is 6.56. The Kier molecular flexibility index (Phi) is 5.48. The monoisotopic (exact) mass is 445 g/mol. The lowest BCUT2D eigenvalue weighted by molar-refractivity contribution is 0.0527. The molecule has 2 aliphatic heterocycles. The number of ether oxygens (including phenoxy) is 1. The third kappa shape index (κ3) is 4.43. The van der Waals surface area contributed by atoms with Gasteiger partial charge in [-0.1, -0.05) is 12.1 Å². The lowest BCUT2D eigenvalue weighted by atomic mass is 10.0. The number of hydrogen-bond acceptors (Lipinski definition) is 7. The van der Waals surface area contributed by atoms with Gasteiger partial charge in [0.2, 0.25) is 0 Å². The smallest absolute Gasteiger partial charge is 0.259 e. The summed E-state index contributed by atoms with van der Waals surface area (Å²) in [5, 5.41) is 19.4. The van der Waals surface area contributed by atoms with E-state index in [1.807, 2.05) is 0 Å². The minimum atomic E-state index is -3.64. The van der Waals surface area contributed by atoms with Crippen molar-refractivity contribution in [2.75, 3.05) is 13.2 Å². The Morgan fingerprint density at radius 2 is 1.94 bits per heavy atom. The molecule has 2 aromatic rings. The van der Waals surface area contributed by atoms with Gasteiger partial charge in [0.25, 0.3) is 15.9 Å². The van der Waals surface area contributed by atoms with E-state index in [1.54, 1.807) is 23.1 Å². The van der Waals surface area contributed by atoms with Crippen molar-refractivity contribution in [1.29, 1.82) is 0 Å². The zero-order valence-electron chi connectivity index (χ0n) is 16.7. The standard InChI is InChI=1S/C21H23N3O6S/c22-20-19-13(12-31(28,29)23-20)4-3-6-18(19)30-11-15-5-1-2-7-24(15)21(27)14-8-16(25)10-17(26)9-14/h3-4,6,8-10,15,25-26H,1-2,5,7,11-12H2,(H2,22,23)/t15-/m1/s1. The number of nitrogens with two attached hydrogens (primary N) is 1. The molecular weight excluding hydrogens is 422 g/mol. The summed E-state index contributed by atoms with van der Waals surface area (Å²) < 4.78 is 33.3. The minimum absolute atomic E-state index is 0.108. The number of carbonyl (C=O) groups is 1. The van der Waals surface area contributed by atoms with Gasteiger partial charge in [-0.25, -0.2) is 8.42 Å². The molecule has 4 rings (SSSR count). The molecule has 2 aliphatic rings. The average Bonchev–Trinajstić information content (AvgIpc) is 2.70. The molecule has 1 atom stereocenters. The first-order valence-corrected chi connectivity index (χ1v) is 11.5. The largest absolute Gasteiger partial charge is 0.508 e. The van der Waals surface area contributed by atoms with Crippen LogP contribution in [0.2, 0.25) is 0 Å². The Bertz CT molecular complexity index is 1140. The number of sulfonamides is 1. The van der Waals surface area contributed by atoms with Crippen LogP contribution in [0, 0.1) is 0 Å². The van der Waals surface area contributed by atoms with Gasteiger partial charge in [-0.2, -0.15) is 0 Å². The number of amides is 1. The van der Waals surface area contributed by atoms with Crippen molar-refractivity contribution in [2.24, 2.45) is 10.1 Å². The van der Waals surface area contributed by atoms with E-state index in [2.05, 4.69) is 4.40 Å². The van der Waals surface area contributed by atoms with E-state index in [1.165, 1.54) is 12.1 Å². The van der Waals surface area contributed by atoms with Gasteiger partial charge in [0, 0.05) is 18.2 Å². The number of hydrogen-bond donors (Lipinski definition) is 3. The summed E-state index contributed by atoms with van der Waals surface area (Å²) in [6.07, 6.45) is 2.49. The second-order valence-corrected chi connectivity index (χ2v) is 9.33. The predicted octanol–water partition coefficient (Wildman–Crippen LogP) is 1.72. The molecule has 31 heavy (non-hydrogen) atoms. The Balaban J connectivity index is 1.55. The molecule has 0 unspecified atom stereocenters. The van der Waals surface area contributed by atoms with Gasteiger partial charge >= 0.3 is 0 Å². The number of carbonyl (C=O) groups excluding carboxylic acids is 1. The topological polar surface area (TPSA) is 143 Å². The van der Waals surface area contributed by atoms with Crippen LogP contribution in [0.5, 0.6) is 17.2 Å². The van der Waals surface area contributed by atoms with Gasteiger partial charge in [0.15, 0.2) is 0 Å². The van der Waals surface area contributed by atoms with Crippen molar-refractivity contribution in [2.45, 2.75) is 31.1 Å². The lowest BCUT2D eigenvalue weighted by Gasteiger charge is -2.36. The Labute approximate surface area is 179 Å². The molecule has 0 spiro atoms. The van der Waals surface area contributed by atoms with Crippen molar-refractivity contribution < 1.29 is 28.2 Å². The van der Waals surface area contributed by atoms with E-state index in [9.17, 15) is 23.4 Å². The number of likely N-dealkylation sites (tertiary alicyclic amines) is 1. The number of fused-ring (bicyclic) bond motifs is 1. The molecule has 2 aromatic carbocycles. The predicted molar refractivity (Wildman–Crippen MR) is 114 cm³/mol. The minimum Gasteiger partial charge on any atom is -0.508 e. The summed E-state index contributed by atoms with van der Waals surface area (Å²) >= 11 is 0. The van der Waals surface area contributed by atoms with Crippen molar-refractivity contribution >= 4 is 21.8 Å². The molecule has 0 bridgehead atoms. The fourth-order valence-electron chi connectivity index (χ4n) is 4.04. The summed E-state index contributed by atoms with van der Waals surface area (Å²) in [7, 11) is -3.64. The number of rotatable bonds is 4. The van der Waals surface area contributed by atoms with E-state index in [0.717, 1.165) is 25.3 Å². The van der Waals surface area contributed by atoms with Crippen LogP contribution in [0.1, 0.15) is 40.7 Å². The van der Waals surface area contributed by atoms with Gasteiger partial charge in [-0.15, -0.1) is 4.40 Å². The molecule has 1 saturated heterocycles. The second kappa shape index (κ2) is 8.10. The molecule has 4 N–H and O–H groups in total. The van der Waals surface area contributed by atoms with Crippen LogP contribution in [0.25, 0.3) is 0 Å². The molecule has 1 fully saturated rings. The van der Waals surface area contributed by atoms with E-state index in [0.29, 0.717) is 23.4 Å². The van der Waals surface area contributed by atoms with E-state index in [4.69, 9.17) is 10.5 Å². The average molecular weight is 445 g/mol. The molecule has 2 heterocycles. The van der Waals surface area contributed by atoms with Crippen molar-refractivity contribution in [3.05, 3.63) is 53.1 Å². The van der Waals surface area contributed by atoms with Gasteiger partial charge < -0.3 is 25.6 Å². The number of benzene rings is 2. The molecule has 164 valence electrons. The first-order valence-electron chi connectivity index (χ1n) is 9.91. The van der Waals surface area contributed by atoms with Crippen molar-refractivity contribution in [3.63, 3.8) is 0 Å². The van der Waals surface area contributed by atoms with Gasteiger partial charge in [0.1, 0.15) is 29.7 Å². The van der Waals surface area contributed by atoms with E-state index >= 15 is 0 Å². The molecule has 0 radical (unpaired) electrons. The van der Waals surface area contributed by atoms with E-state index < -0.39 is 10.0 Å². The Hall–Kier alpha value is -3.27. The first kappa shape index (κ1) is 21.0. The highest BCUT2D eigenvalue weighted by molar-refractivity contribution is 7.89. The SMILES string of the molecule is NC1=NS(=O)(=O)Cc2cccc(OC[C@H]3CCCCN3C(=O)c3cc(O)cc(O)c3)c21. The summed E-state index contributed by atoms with van der Waals surface area (Å²) in [4.78, 5) is 14.7.